The number of aliphatic hydroxyl groups excluding tert-OH is 1. The van der Waals surface area contributed by atoms with E-state index in [0.717, 1.165) is 22.0 Å². The number of amides is 1. The first-order valence-corrected chi connectivity index (χ1v) is 10.6. The quantitative estimate of drug-likeness (QED) is 0.349. The number of carbonyl (C=O) groups is 1. The largest absolute Gasteiger partial charge is 0.382 e. The Kier molecular flexibility index (Phi) is 5.63. The molecule has 1 atom stereocenters. The third-order valence-electron chi connectivity index (χ3n) is 5.30. The first-order chi connectivity index (χ1) is 16.6. The smallest absolute Gasteiger partial charge is 0.276 e. The predicted molar refractivity (Wildman–Crippen MR) is 129 cm³/mol. The molecule has 34 heavy (non-hydrogen) atoms. The summed E-state index contributed by atoms with van der Waals surface area (Å²) in [6, 6.07) is 24.1. The molecule has 4 N–H and O–H groups in total. The van der Waals surface area contributed by atoms with Crippen LogP contribution in [-0.2, 0) is 0 Å². The van der Waals surface area contributed by atoms with E-state index in [0.29, 0.717) is 17.1 Å². The minimum atomic E-state index is -1.32. The van der Waals surface area contributed by atoms with Gasteiger partial charge in [0.05, 0.1) is 22.6 Å². The Labute approximate surface area is 195 Å². The van der Waals surface area contributed by atoms with Crippen LogP contribution in [0.5, 0.6) is 0 Å². The van der Waals surface area contributed by atoms with Crippen molar-refractivity contribution in [2.75, 3.05) is 5.73 Å². The summed E-state index contributed by atoms with van der Waals surface area (Å²) < 4.78 is 0. The van der Waals surface area contributed by atoms with Gasteiger partial charge >= 0.3 is 0 Å². The maximum atomic E-state index is 13.0. The monoisotopic (exact) mass is 448 g/mol. The van der Waals surface area contributed by atoms with Crippen molar-refractivity contribution in [3.8, 4) is 22.5 Å². The van der Waals surface area contributed by atoms with Gasteiger partial charge in [-0.2, -0.15) is 0 Å². The molecule has 1 amide bonds. The zero-order valence-corrected chi connectivity index (χ0v) is 18.0. The molecule has 0 aliphatic carbocycles. The van der Waals surface area contributed by atoms with Crippen molar-refractivity contribution in [1.29, 1.82) is 0 Å². The molecule has 3 heterocycles. The van der Waals surface area contributed by atoms with Gasteiger partial charge in [0.15, 0.2) is 17.7 Å². The summed E-state index contributed by atoms with van der Waals surface area (Å²) >= 11 is 0. The SMILES string of the molecule is Nc1nc(-c2ccccc2)c(-c2ccc3ncccc3c2)nc1C(=O)NC(O)c1ccccn1. The van der Waals surface area contributed by atoms with Crippen LogP contribution in [0.1, 0.15) is 22.4 Å². The molecule has 0 fully saturated rings. The lowest BCUT2D eigenvalue weighted by Crippen LogP contribution is -2.30. The van der Waals surface area contributed by atoms with Crippen molar-refractivity contribution >= 4 is 22.6 Å². The van der Waals surface area contributed by atoms with E-state index in [4.69, 9.17) is 5.73 Å². The standard InChI is InChI=1S/C26H20N6O2/c27-24-23(26(34)32-25(33)20-10-4-5-13-29-20)30-22(21(31-24)16-7-2-1-3-8-16)18-11-12-19-17(15-18)9-6-14-28-19/h1-15,25,33H,(H2,27,31)(H,32,34). The number of aliphatic hydroxyl groups is 1. The molecule has 2 aromatic carbocycles. The lowest BCUT2D eigenvalue weighted by molar-refractivity contribution is 0.0770. The number of benzene rings is 2. The Hall–Kier alpha value is -4.69. The van der Waals surface area contributed by atoms with Gasteiger partial charge < -0.3 is 16.2 Å². The summed E-state index contributed by atoms with van der Waals surface area (Å²) in [7, 11) is 0. The number of rotatable bonds is 5. The minimum absolute atomic E-state index is 0.0456. The predicted octanol–water partition coefficient (Wildman–Crippen LogP) is 3.76. The minimum Gasteiger partial charge on any atom is -0.382 e. The Morgan fingerprint density at radius 3 is 2.38 bits per heavy atom. The third kappa shape index (κ3) is 4.17. The average Bonchev–Trinajstić information content (AvgIpc) is 2.89. The molecule has 3 aromatic heterocycles. The van der Waals surface area contributed by atoms with Gasteiger partial charge in [0.2, 0.25) is 0 Å². The van der Waals surface area contributed by atoms with Crippen molar-refractivity contribution in [2.45, 2.75) is 6.23 Å². The number of carbonyl (C=O) groups excluding carboxylic acids is 1. The maximum absolute atomic E-state index is 13.0. The summed E-state index contributed by atoms with van der Waals surface area (Å²) in [4.78, 5) is 30.6. The first-order valence-electron chi connectivity index (χ1n) is 10.6. The van der Waals surface area contributed by atoms with Crippen LogP contribution in [0.3, 0.4) is 0 Å². The number of hydrogen-bond acceptors (Lipinski definition) is 7. The Morgan fingerprint density at radius 2 is 1.59 bits per heavy atom. The maximum Gasteiger partial charge on any atom is 0.276 e. The molecule has 0 aliphatic heterocycles. The van der Waals surface area contributed by atoms with Crippen LogP contribution in [0.25, 0.3) is 33.4 Å². The molecule has 5 rings (SSSR count). The van der Waals surface area contributed by atoms with Crippen LogP contribution in [0.4, 0.5) is 5.82 Å². The number of nitrogens with zero attached hydrogens (tertiary/aromatic N) is 4. The number of fused-ring (bicyclic) bond motifs is 1. The van der Waals surface area contributed by atoms with Crippen molar-refractivity contribution in [3.63, 3.8) is 0 Å². The van der Waals surface area contributed by atoms with Gasteiger partial charge in [-0.3, -0.25) is 14.8 Å². The van der Waals surface area contributed by atoms with E-state index in [2.05, 4.69) is 25.3 Å². The van der Waals surface area contributed by atoms with Crippen LogP contribution in [0.2, 0.25) is 0 Å². The normalized spacial score (nSPS) is 11.8. The summed E-state index contributed by atoms with van der Waals surface area (Å²) in [5.41, 5.74) is 9.82. The number of aromatic nitrogens is 4. The van der Waals surface area contributed by atoms with E-state index in [1.165, 1.54) is 6.20 Å². The van der Waals surface area contributed by atoms with Crippen molar-refractivity contribution in [1.82, 2.24) is 25.3 Å². The summed E-state index contributed by atoms with van der Waals surface area (Å²) in [6.45, 7) is 0. The molecular formula is C26H20N6O2. The van der Waals surface area contributed by atoms with E-state index < -0.39 is 12.1 Å². The second-order valence-electron chi connectivity index (χ2n) is 7.56. The van der Waals surface area contributed by atoms with Crippen molar-refractivity contribution in [3.05, 3.63) is 103 Å². The first kappa shape index (κ1) is 21.2. The van der Waals surface area contributed by atoms with Gasteiger partial charge in [-0.05, 0) is 30.3 Å². The molecule has 8 heteroatoms. The van der Waals surface area contributed by atoms with Crippen LogP contribution >= 0.6 is 0 Å². The fourth-order valence-corrected chi connectivity index (χ4v) is 3.64. The second kappa shape index (κ2) is 9.05. The number of pyridine rings is 2. The number of nitrogen functional groups attached to an aromatic ring is 1. The molecule has 0 bridgehead atoms. The molecule has 0 radical (unpaired) electrons. The zero-order valence-electron chi connectivity index (χ0n) is 18.0. The number of anilines is 1. The van der Waals surface area contributed by atoms with Crippen LogP contribution < -0.4 is 11.1 Å². The highest BCUT2D eigenvalue weighted by molar-refractivity contribution is 5.98. The van der Waals surface area contributed by atoms with E-state index in [1.807, 2.05) is 60.7 Å². The topological polar surface area (TPSA) is 127 Å². The molecule has 8 nitrogen and oxygen atoms in total. The molecule has 1 unspecified atom stereocenters. The highest BCUT2D eigenvalue weighted by Gasteiger charge is 2.22. The summed E-state index contributed by atoms with van der Waals surface area (Å²) in [5.74, 6) is -0.706. The third-order valence-corrected chi connectivity index (χ3v) is 5.30. The lowest BCUT2D eigenvalue weighted by atomic mass is 10.0. The van der Waals surface area contributed by atoms with Gasteiger partial charge in [0, 0.05) is 28.9 Å². The van der Waals surface area contributed by atoms with Gasteiger partial charge in [-0.25, -0.2) is 9.97 Å². The molecular weight excluding hydrogens is 428 g/mol. The summed E-state index contributed by atoms with van der Waals surface area (Å²) in [6.07, 6.45) is 1.94. The summed E-state index contributed by atoms with van der Waals surface area (Å²) in [5, 5.41) is 13.8. The number of nitrogens with one attached hydrogen (secondary N) is 1. The number of nitrogens with two attached hydrogens (primary N) is 1. The highest BCUT2D eigenvalue weighted by Crippen LogP contribution is 2.32. The average molecular weight is 448 g/mol. The van der Waals surface area contributed by atoms with Crippen molar-refractivity contribution in [2.24, 2.45) is 0 Å². The van der Waals surface area contributed by atoms with Crippen LogP contribution in [-0.4, -0.2) is 30.9 Å². The lowest BCUT2D eigenvalue weighted by Gasteiger charge is -2.15. The van der Waals surface area contributed by atoms with Gasteiger partial charge in [0.1, 0.15) is 0 Å². The fourth-order valence-electron chi connectivity index (χ4n) is 3.64. The van der Waals surface area contributed by atoms with Crippen molar-refractivity contribution < 1.29 is 9.90 Å². The molecule has 0 saturated carbocycles. The Bertz CT molecular complexity index is 1480. The zero-order chi connectivity index (χ0) is 23.5. The molecule has 5 aromatic rings. The van der Waals surface area contributed by atoms with Gasteiger partial charge in [-0.15, -0.1) is 0 Å². The molecule has 0 spiro atoms. The Morgan fingerprint density at radius 1 is 0.824 bits per heavy atom. The van der Waals surface area contributed by atoms with E-state index >= 15 is 0 Å². The fraction of sp³-hybridized carbons (Fsp3) is 0.0385. The molecule has 0 aliphatic rings. The van der Waals surface area contributed by atoms with Gasteiger partial charge in [-0.1, -0.05) is 48.5 Å². The Balaban J connectivity index is 1.60. The van der Waals surface area contributed by atoms with Gasteiger partial charge in [0.25, 0.3) is 5.91 Å². The van der Waals surface area contributed by atoms with Crippen LogP contribution in [0.15, 0.2) is 91.3 Å². The van der Waals surface area contributed by atoms with E-state index in [9.17, 15) is 9.90 Å². The molecule has 166 valence electrons. The highest BCUT2D eigenvalue weighted by atomic mass is 16.3. The number of hydrogen-bond donors (Lipinski definition) is 3. The van der Waals surface area contributed by atoms with E-state index in [-0.39, 0.29) is 11.5 Å². The van der Waals surface area contributed by atoms with E-state index in [1.54, 1.807) is 24.4 Å². The second-order valence-corrected chi connectivity index (χ2v) is 7.56. The molecule has 0 saturated heterocycles. The van der Waals surface area contributed by atoms with Crippen LogP contribution in [0, 0.1) is 0 Å².